The van der Waals surface area contributed by atoms with Crippen LogP contribution in [-0.4, -0.2) is 31.3 Å². The molecular formula is C25H19Cl2N7O. The normalized spacial score (nSPS) is 11.3. The average Bonchev–Trinajstić information content (AvgIpc) is 3.40. The first-order valence-corrected chi connectivity index (χ1v) is 11.3. The zero-order valence-electron chi connectivity index (χ0n) is 18.4. The van der Waals surface area contributed by atoms with Crippen molar-refractivity contribution in [3.05, 3.63) is 87.2 Å². The Bertz CT molecular complexity index is 1490. The third-order valence-electron chi connectivity index (χ3n) is 5.28. The molecule has 0 radical (unpaired) electrons. The molecule has 35 heavy (non-hydrogen) atoms. The van der Waals surface area contributed by atoms with Crippen LogP contribution in [0.25, 0.3) is 22.9 Å². The second kappa shape index (κ2) is 10.5. The first-order valence-electron chi connectivity index (χ1n) is 10.5. The zero-order chi connectivity index (χ0) is 24.9. The van der Waals surface area contributed by atoms with Crippen LogP contribution in [0.1, 0.15) is 22.4 Å². The van der Waals surface area contributed by atoms with Crippen molar-refractivity contribution in [2.24, 2.45) is 0 Å². The van der Waals surface area contributed by atoms with Gasteiger partial charge in [-0.25, -0.2) is 4.68 Å². The number of nitrogens with two attached hydrogens (primary N) is 1. The molecule has 2 aromatic heterocycles. The lowest BCUT2D eigenvalue weighted by Gasteiger charge is -2.05. The lowest BCUT2D eigenvalue weighted by Crippen LogP contribution is -2.07. The summed E-state index contributed by atoms with van der Waals surface area (Å²) in [6.07, 6.45) is 3.42. The van der Waals surface area contributed by atoms with Crippen LogP contribution in [-0.2, 0) is 13.1 Å². The van der Waals surface area contributed by atoms with Crippen LogP contribution in [0.3, 0.4) is 0 Å². The molecule has 10 heteroatoms. The molecule has 2 aromatic carbocycles. The van der Waals surface area contributed by atoms with Crippen molar-refractivity contribution < 1.29 is 5.11 Å². The van der Waals surface area contributed by atoms with E-state index in [0.29, 0.717) is 27.8 Å². The minimum atomic E-state index is -0.208. The molecule has 0 fully saturated rings. The Hall–Kier alpha value is -4.08. The minimum Gasteiger partial charge on any atom is -0.394 e. The van der Waals surface area contributed by atoms with Gasteiger partial charge in [-0.05, 0) is 23.8 Å². The molecule has 0 amide bonds. The molecule has 0 atom stereocenters. The van der Waals surface area contributed by atoms with Crippen molar-refractivity contribution in [2.75, 3.05) is 12.3 Å². The lowest BCUT2D eigenvalue weighted by molar-refractivity contribution is 0.270. The standard InChI is InChI=1S/C25H19Cl2N7O/c26-20-7-6-17(22(27)11-20)14-33-15-19(23(31-33)16-4-2-1-3-5-16)10-18(12-28)24-21(13-29)25(30)34(32-24)8-9-35/h1-7,10-11,15,35H,8-9,14,30H2. The highest BCUT2D eigenvalue weighted by Gasteiger charge is 2.20. The molecule has 0 bridgehead atoms. The maximum atomic E-state index is 9.93. The molecule has 0 saturated heterocycles. The highest BCUT2D eigenvalue weighted by atomic mass is 35.5. The van der Waals surface area contributed by atoms with E-state index in [9.17, 15) is 15.6 Å². The number of hydrogen-bond donors (Lipinski definition) is 2. The van der Waals surface area contributed by atoms with Gasteiger partial charge in [0, 0.05) is 27.4 Å². The number of nitriles is 2. The third-order valence-corrected chi connectivity index (χ3v) is 5.86. The van der Waals surface area contributed by atoms with Crippen molar-refractivity contribution in [3.8, 4) is 23.4 Å². The smallest absolute Gasteiger partial charge is 0.140 e. The number of nitrogen functional groups attached to an aromatic ring is 1. The number of benzene rings is 2. The van der Waals surface area contributed by atoms with Gasteiger partial charge in [0.25, 0.3) is 0 Å². The minimum absolute atomic E-state index is 0.0767. The van der Waals surface area contributed by atoms with Crippen molar-refractivity contribution in [1.82, 2.24) is 19.6 Å². The zero-order valence-corrected chi connectivity index (χ0v) is 19.9. The molecule has 8 nitrogen and oxygen atoms in total. The maximum Gasteiger partial charge on any atom is 0.140 e. The Kier molecular flexibility index (Phi) is 7.19. The number of aromatic nitrogens is 4. The fourth-order valence-corrected chi connectivity index (χ4v) is 4.08. The summed E-state index contributed by atoms with van der Waals surface area (Å²) in [6, 6.07) is 18.9. The second-order valence-corrected chi connectivity index (χ2v) is 8.41. The Balaban J connectivity index is 1.83. The predicted octanol–water partition coefficient (Wildman–Crippen LogP) is 4.61. The van der Waals surface area contributed by atoms with E-state index in [-0.39, 0.29) is 35.8 Å². The van der Waals surface area contributed by atoms with E-state index in [1.54, 1.807) is 29.1 Å². The van der Waals surface area contributed by atoms with Crippen molar-refractivity contribution in [1.29, 1.82) is 10.5 Å². The molecule has 174 valence electrons. The third kappa shape index (κ3) is 5.06. The molecular weight excluding hydrogens is 485 g/mol. The summed E-state index contributed by atoms with van der Waals surface area (Å²) >= 11 is 12.4. The van der Waals surface area contributed by atoms with Crippen LogP contribution in [0.5, 0.6) is 0 Å². The molecule has 0 aliphatic carbocycles. The molecule has 0 saturated carbocycles. The second-order valence-electron chi connectivity index (χ2n) is 7.57. The van der Waals surface area contributed by atoms with Gasteiger partial charge < -0.3 is 10.8 Å². The topological polar surface area (TPSA) is 129 Å². The monoisotopic (exact) mass is 503 g/mol. The Labute approximate surface area is 211 Å². The summed E-state index contributed by atoms with van der Waals surface area (Å²) in [5.41, 5.74) is 9.36. The molecule has 4 rings (SSSR count). The fourth-order valence-electron chi connectivity index (χ4n) is 3.62. The van der Waals surface area contributed by atoms with E-state index in [4.69, 9.17) is 34.0 Å². The van der Waals surface area contributed by atoms with E-state index in [1.807, 2.05) is 42.5 Å². The summed E-state index contributed by atoms with van der Waals surface area (Å²) in [6.45, 7) is 0.279. The first-order chi connectivity index (χ1) is 16.9. The Morgan fingerprint density at radius 2 is 1.89 bits per heavy atom. The van der Waals surface area contributed by atoms with Gasteiger partial charge in [-0.15, -0.1) is 0 Å². The summed E-state index contributed by atoms with van der Waals surface area (Å²) in [7, 11) is 0. The van der Waals surface area contributed by atoms with Crippen LogP contribution in [0.2, 0.25) is 10.0 Å². The average molecular weight is 504 g/mol. The van der Waals surface area contributed by atoms with Gasteiger partial charge in [0.1, 0.15) is 29.2 Å². The van der Waals surface area contributed by atoms with Crippen molar-refractivity contribution in [2.45, 2.75) is 13.1 Å². The number of rotatable bonds is 7. The summed E-state index contributed by atoms with van der Waals surface area (Å²) in [4.78, 5) is 0. The first kappa shape index (κ1) is 24.1. The number of anilines is 1. The summed E-state index contributed by atoms with van der Waals surface area (Å²) in [5.74, 6) is 0.0917. The molecule has 0 aliphatic heterocycles. The van der Waals surface area contributed by atoms with Crippen LogP contribution in [0, 0.1) is 22.7 Å². The van der Waals surface area contributed by atoms with Crippen LogP contribution in [0.15, 0.2) is 54.7 Å². The van der Waals surface area contributed by atoms with E-state index >= 15 is 0 Å². The Morgan fingerprint density at radius 1 is 1.11 bits per heavy atom. The van der Waals surface area contributed by atoms with Gasteiger partial charge in [-0.2, -0.15) is 20.7 Å². The van der Waals surface area contributed by atoms with E-state index in [2.05, 4.69) is 11.2 Å². The van der Waals surface area contributed by atoms with Crippen LogP contribution < -0.4 is 5.73 Å². The van der Waals surface area contributed by atoms with Gasteiger partial charge >= 0.3 is 0 Å². The lowest BCUT2D eigenvalue weighted by atomic mass is 10.0. The van der Waals surface area contributed by atoms with E-state index in [1.165, 1.54) is 4.68 Å². The fraction of sp³-hybridized carbons (Fsp3) is 0.120. The number of nitrogens with zero attached hydrogens (tertiary/aromatic N) is 6. The molecule has 0 unspecified atom stereocenters. The van der Waals surface area contributed by atoms with Gasteiger partial charge in [0.05, 0.1) is 31.0 Å². The van der Waals surface area contributed by atoms with E-state index in [0.717, 1.165) is 11.1 Å². The number of halogens is 2. The molecule has 0 spiro atoms. The van der Waals surface area contributed by atoms with Crippen LogP contribution >= 0.6 is 23.2 Å². The summed E-state index contributed by atoms with van der Waals surface area (Å²) in [5, 5.41) is 38.9. The van der Waals surface area contributed by atoms with Gasteiger partial charge in [0.15, 0.2) is 0 Å². The summed E-state index contributed by atoms with van der Waals surface area (Å²) < 4.78 is 3.03. The largest absolute Gasteiger partial charge is 0.394 e. The van der Waals surface area contributed by atoms with Crippen LogP contribution in [0.4, 0.5) is 5.82 Å². The number of allylic oxidation sites excluding steroid dienone is 1. The van der Waals surface area contributed by atoms with Gasteiger partial charge in [0.2, 0.25) is 0 Å². The van der Waals surface area contributed by atoms with Crippen molar-refractivity contribution in [3.63, 3.8) is 0 Å². The van der Waals surface area contributed by atoms with E-state index < -0.39 is 0 Å². The number of hydrogen-bond acceptors (Lipinski definition) is 6. The maximum absolute atomic E-state index is 9.93. The predicted molar refractivity (Wildman–Crippen MR) is 135 cm³/mol. The number of aliphatic hydroxyl groups excluding tert-OH is 1. The Morgan fingerprint density at radius 3 is 2.54 bits per heavy atom. The highest BCUT2D eigenvalue weighted by molar-refractivity contribution is 6.35. The quantitative estimate of drug-likeness (QED) is 0.354. The molecule has 2 heterocycles. The molecule has 4 aromatic rings. The number of aliphatic hydroxyl groups is 1. The SMILES string of the molecule is N#CC(=Cc1cn(Cc2ccc(Cl)cc2Cl)nc1-c1ccccc1)c1nn(CCO)c(N)c1C#N. The molecule has 3 N–H and O–H groups in total. The van der Waals surface area contributed by atoms with Gasteiger partial charge in [-0.1, -0.05) is 59.6 Å². The highest BCUT2D eigenvalue weighted by Crippen LogP contribution is 2.30. The van der Waals surface area contributed by atoms with Gasteiger partial charge in [-0.3, -0.25) is 4.68 Å². The molecule has 0 aliphatic rings. The van der Waals surface area contributed by atoms with Crippen molar-refractivity contribution >= 4 is 40.7 Å².